The maximum atomic E-state index is 9.15. The van der Waals surface area contributed by atoms with Gasteiger partial charge in [-0.05, 0) is 36.8 Å². The molecule has 0 saturated heterocycles. The first-order valence-corrected chi connectivity index (χ1v) is 9.28. The van der Waals surface area contributed by atoms with Crippen LogP contribution in [0.4, 0.5) is 0 Å². The zero-order chi connectivity index (χ0) is 17.4. The second-order valence-corrected chi connectivity index (χ2v) is 6.88. The Hall–Kier alpha value is -0.680. The van der Waals surface area contributed by atoms with Crippen LogP contribution in [0.5, 0.6) is 0 Å². The molecule has 23 heavy (non-hydrogen) atoms. The largest absolute Gasteiger partial charge is 0.375 e. The number of aryl methyl sites for hydroxylation is 1. The number of nitrogens with one attached hydrogen (secondary N) is 1. The molecule has 0 aliphatic heterocycles. The second-order valence-electron chi connectivity index (χ2n) is 6.09. The van der Waals surface area contributed by atoms with Gasteiger partial charge in [-0.15, -0.1) is 0 Å². The maximum absolute atomic E-state index is 9.15. The maximum Gasteiger partial charge on any atom is 0.121 e. The summed E-state index contributed by atoms with van der Waals surface area (Å²) in [4.78, 5) is 3.28. The molecular weight excluding hydrogens is 328 g/mol. The third-order valence-corrected chi connectivity index (χ3v) is 4.58. The van der Waals surface area contributed by atoms with Crippen LogP contribution in [0.2, 0.25) is 5.02 Å². The molecule has 3 nitrogen and oxygen atoms in total. The van der Waals surface area contributed by atoms with Crippen molar-refractivity contribution in [2.45, 2.75) is 65.5 Å². The summed E-state index contributed by atoms with van der Waals surface area (Å²) in [6.45, 7) is 6.46. The van der Waals surface area contributed by atoms with E-state index in [0.717, 1.165) is 24.1 Å². The number of hydrogen-bond donors (Lipinski definition) is 3. The van der Waals surface area contributed by atoms with Crippen LogP contribution in [-0.2, 0) is 12.8 Å². The van der Waals surface area contributed by atoms with Crippen LogP contribution in [0.25, 0.3) is 6.08 Å². The van der Waals surface area contributed by atoms with Crippen molar-refractivity contribution in [3.63, 3.8) is 0 Å². The predicted octanol–water partition coefficient (Wildman–Crippen LogP) is 5.01. The highest BCUT2D eigenvalue weighted by molar-refractivity contribution is 7.71. The molecule has 0 saturated carbocycles. The Morgan fingerprint density at radius 3 is 2.65 bits per heavy atom. The smallest absolute Gasteiger partial charge is 0.121 e. The molecule has 2 unspecified atom stereocenters. The van der Waals surface area contributed by atoms with E-state index in [0.29, 0.717) is 15.6 Å². The average Bonchev–Trinajstić information content (AvgIpc) is 2.48. The topological polar surface area (TPSA) is 62.0 Å². The molecule has 1 aromatic heterocycles. The predicted molar refractivity (Wildman–Crippen MR) is 102 cm³/mol. The average molecular weight is 357 g/mol. The van der Waals surface area contributed by atoms with Gasteiger partial charge in [0.15, 0.2) is 0 Å². The molecule has 1 aliphatic rings. The first-order valence-electron chi connectivity index (χ1n) is 8.49. The quantitative estimate of drug-likeness (QED) is 0.525. The third-order valence-electron chi connectivity index (χ3n) is 3.83. The molecular formula is C18H29ClN2OS. The van der Waals surface area contributed by atoms with E-state index in [1.165, 1.54) is 37.3 Å². The highest BCUT2D eigenvalue weighted by Gasteiger charge is 2.22. The summed E-state index contributed by atoms with van der Waals surface area (Å²) in [6.07, 6.45) is 9.08. The number of hydrogen-bond acceptors (Lipinski definition) is 3. The molecule has 2 rings (SSSR count). The molecule has 0 amide bonds. The molecule has 0 radical (unpaired) electrons. The number of rotatable bonds is 4. The normalized spacial score (nSPS) is 18.3. The number of pyridine rings is 1. The SMILES string of the molecule is CCC.CCCC1CCc2[nH]c(=S)c(/C=C/C(N)O)c(Cl)c2C1. The van der Waals surface area contributed by atoms with Crippen molar-refractivity contribution in [1.29, 1.82) is 0 Å². The summed E-state index contributed by atoms with van der Waals surface area (Å²) in [5.41, 5.74) is 8.41. The van der Waals surface area contributed by atoms with Crippen molar-refractivity contribution >= 4 is 29.9 Å². The number of aromatic amines is 1. The number of aromatic nitrogens is 1. The molecule has 4 N–H and O–H groups in total. The molecule has 5 heteroatoms. The molecule has 1 aromatic rings. The van der Waals surface area contributed by atoms with Crippen LogP contribution in [0.3, 0.4) is 0 Å². The van der Waals surface area contributed by atoms with Gasteiger partial charge in [-0.2, -0.15) is 0 Å². The Morgan fingerprint density at radius 1 is 1.43 bits per heavy atom. The summed E-state index contributed by atoms with van der Waals surface area (Å²) in [5.74, 6) is 0.700. The minimum atomic E-state index is -0.996. The van der Waals surface area contributed by atoms with Crippen molar-refractivity contribution < 1.29 is 5.11 Å². The Kier molecular flexibility index (Phi) is 9.07. The van der Waals surface area contributed by atoms with Gasteiger partial charge in [0.05, 0.1) is 5.02 Å². The minimum Gasteiger partial charge on any atom is -0.375 e. The van der Waals surface area contributed by atoms with Crippen LogP contribution in [0.1, 0.15) is 63.3 Å². The van der Waals surface area contributed by atoms with Crippen LogP contribution in [0, 0.1) is 10.6 Å². The summed E-state index contributed by atoms with van der Waals surface area (Å²) in [7, 11) is 0. The van der Waals surface area contributed by atoms with Crippen LogP contribution < -0.4 is 5.73 Å². The number of aliphatic hydroxyl groups is 1. The number of halogens is 1. The van der Waals surface area contributed by atoms with E-state index >= 15 is 0 Å². The van der Waals surface area contributed by atoms with Gasteiger partial charge >= 0.3 is 0 Å². The lowest BCUT2D eigenvalue weighted by atomic mass is 9.83. The first kappa shape index (κ1) is 20.4. The summed E-state index contributed by atoms with van der Waals surface area (Å²) < 4.78 is 0.611. The zero-order valence-corrected chi connectivity index (χ0v) is 15.9. The fourth-order valence-electron chi connectivity index (χ4n) is 2.84. The lowest BCUT2D eigenvalue weighted by molar-refractivity contribution is 0.232. The summed E-state index contributed by atoms with van der Waals surface area (Å²) >= 11 is 11.9. The number of fused-ring (bicyclic) bond motifs is 1. The van der Waals surface area contributed by atoms with Crippen LogP contribution in [0.15, 0.2) is 6.08 Å². The van der Waals surface area contributed by atoms with Crippen LogP contribution in [-0.4, -0.2) is 16.3 Å². The molecule has 1 heterocycles. The van der Waals surface area contributed by atoms with Gasteiger partial charge in [-0.1, -0.05) is 69.9 Å². The monoisotopic (exact) mass is 356 g/mol. The van der Waals surface area contributed by atoms with Crippen LogP contribution >= 0.6 is 23.8 Å². The molecule has 2 atom stereocenters. The van der Waals surface area contributed by atoms with Gasteiger partial charge in [-0.25, -0.2) is 0 Å². The number of H-pyrrole nitrogens is 1. The molecule has 0 spiro atoms. The fraction of sp³-hybridized carbons (Fsp3) is 0.611. The summed E-state index contributed by atoms with van der Waals surface area (Å²) in [5, 5.41) is 9.86. The van der Waals surface area contributed by atoms with Gasteiger partial charge < -0.3 is 15.8 Å². The lowest BCUT2D eigenvalue weighted by Gasteiger charge is -2.25. The van der Waals surface area contributed by atoms with E-state index in [4.69, 9.17) is 34.7 Å². The molecule has 0 fully saturated rings. The van der Waals surface area contributed by atoms with E-state index < -0.39 is 6.23 Å². The van der Waals surface area contributed by atoms with Crippen molar-refractivity contribution in [2.75, 3.05) is 0 Å². The van der Waals surface area contributed by atoms with E-state index in [9.17, 15) is 0 Å². The van der Waals surface area contributed by atoms with Crippen molar-refractivity contribution in [3.05, 3.63) is 32.6 Å². The molecule has 0 bridgehead atoms. The molecule has 0 aromatic carbocycles. The van der Waals surface area contributed by atoms with Crippen molar-refractivity contribution in [1.82, 2.24) is 4.98 Å². The van der Waals surface area contributed by atoms with Gasteiger partial charge in [0, 0.05) is 11.3 Å². The Labute approximate surface area is 150 Å². The van der Waals surface area contributed by atoms with E-state index in [1.807, 2.05) is 0 Å². The van der Waals surface area contributed by atoms with Gasteiger partial charge in [0.25, 0.3) is 0 Å². The van der Waals surface area contributed by atoms with E-state index in [1.54, 1.807) is 6.08 Å². The van der Waals surface area contributed by atoms with Gasteiger partial charge in [-0.3, -0.25) is 0 Å². The fourth-order valence-corrected chi connectivity index (χ4v) is 3.54. The highest BCUT2D eigenvalue weighted by Crippen LogP contribution is 2.34. The third kappa shape index (κ3) is 6.03. The van der Waals surface area contributed by atoms with E-state index in [-0.39, 0.29) is 0 Å². The van der Waals surface area contributed by atoms with Gasteiger partial charge in [0.1, 0.15) is 10.9 Å². The Bertz CT molecular complexity index is 581. The zero-order valence-electron chi connectivity index (χ0n) is 14.4. The van der Waals surface area contributed by atoms with E-state index in [2.05, 4.69) is 25.8 Å². The first-order chi connectivity index (χ1) is 10.9. The Morgan fingerprint density at radius 2 is 2.09 bits per heavy atom. The molecule has 130 valence electrons. The minimum absolute atomic E-state index is 0.611. The summed E-state index contributed by atoms with van der Waals surface area (Å²) in [6, 6.07) is 0. The number of nitrogens with two attached hydrogens (primary N) is 1. The lowest BCUT2D eigenvalue weighted by Crippen LogP contribution is -2.17. The molecule has 1 aliphatic carbocycles. The Balaban J connectivity index is 0.000000816. The van der Waals surface area contributed by atoms with Gasteiger partial charge in [0.2, 0.25) is 0 Å². The number of aliphatic hydroxyl groups excluding tert-OH is 1. The van der Waals surface area contributed by atoms with Crippen molar-refractivity contribution in [3.8, 4) is 0 Å². The van der Waals surface area contributed by atoms with Crippen molar-refractivity contribution in [2.24, 2.45) is 11.7 Å². The second kappa shape index (κ2) is 10.2. The highest BCUT2D eigenvalue weighted by atomic mass is 35.5. The standard InChI is InChI=1S/C15H21ClN2OS.C3H8/c1-2-3-9-4-6-12-11(8-9)14(16)10(15(20)18-12)5-7-13(17)19;1-3-2/h5,7,9,13,19H,2-4,6,8,17H2,1H3,(H,18,20);3H2,1-2H3/b7-5+;.